The molecule has 0 aliphatic heterocycles. The highest BCUT2D eigenvalue weighted by Gasteiger charge is 2.17. The number of rotatable bonds is 3. The maximum atomic E-state index is 12.3. The van der Waals surface area contributed by atoms with Crippen LogP contribution >= 0.6 is 0 Å². The van der Waals surface area contributed by atoms with E-state index < -0.39 is 13.1 Å². The van der Waals surface area contributed by atoms with Crippen molar-refractivity contribution in [2.75, 3.05) is 7.11 Å². The maximum Gasteiger partial charge on any atom is 0.268 e. The summed E-state index contributed by atoms with van der Waals surface area (Å²) in [7, 11) is 1.22. The number of hydrogen-bond donors (Lipinski definition) is 0. The first kappa shape index (κ1) is 9.83. The minimum absolute atomic E-state index is 0.0419. The van der Waals surface area contributed by atoms with Crippen LogP contribution in [0.3, 0.4) is 0 Å². The highest BCUT2D eigenvalue weighted by molar-refractivity contribution is 5.38. The van der Waals surface area contributed by atoms with E-state index in [4.69, 9.17) is 0 Å². The fourth-order valence-corrected chi connectivity index (χ4v) is 1.01. The fraction of sp³-hybridized carbons (Fsp3) is 0.375. The number of ether oxygens (including phenoxy) is 1. The summed E-state index contributed by atoms with van der Waals surface area (Å²) in [5.74, 6) is -0.118. The van der Waals surface area contributed by atoms with Gasteiger partial charge in [-0.05, 0) is 0 Å². The van der Waals surface area contributed by atoms with E-state index >= 15 is 0 Å². The third kappa shape index (κ3) is 1.91. The molecule has 0 saturated heterocycles. The van der Waals surface area contributed by atoms with E-state index in [1.807, 2.05) is 0 Å². The second-order valence-corrected chi connectivity index (χ2v) is 2.36. The molecule has 1 aromatic heterocycles. The average Bonchev–Trinajstić information content (AvgIpc) is 2.16. The molecule has 0 aliphatic carbocycles. The predicted molar refractivity (Wildman–Crippen MR) is 40.6 cm³/mol. The van der Waals surface area contributed by atoms with Crippen molar-refractivity contribution in [3.8, 4) is 5.75 Å². The van der Waals surface area contributed by atoms with E-state index in [0.717, 1.165) is 6.20 Å². The summed E-state index contributed by atoms with van der Waals surface area (Å²) in [5.41, 5.74) is -0.335. The minimum Gasteiger partial charge on any atom is -0.496 e. The van der Waals surface area contributed by atoms with Gasteiger partial charge in [0.05, 0.1) is 12.7 Å². The van der Waals surface area contributed by atoms with E-state index in [1.54, 1.807) is 0 Å². The van der Waals surface area contributed by atoms with Gasteiger partial charge in [0, 0.05) is 18.0 Å². The Morgan fingerprint density at radius 1 is 1.46 bits per heavy atom. The second-order valence-electron chi connectivity index (χ2n) is 2.36. The van der Waals surface area contributed by atoms with E-state index in [9.17, 15) is 13.2 Å². The van der Waals surface area contributed by atoms with Gasteiger partial charge in [-0.1, -0.05) is 0 Å². The Hall–Kier alpha value is -1.26. The molecule has 0 saturated carbocycles. The van der Waals surface area contributed by atoms with Crippen molar-refractivity contribution in [2.24, 2.45) is 0 Å². The highest BCUT2D eigenvalue weighted by atomic mass is 19.3. The summed E-state index contributed by atoms with van der Waals surface area (Å²) in [6.07, 6.45) is -0.554. The van der Waals surface area contributed by atoms with Gasteiger partial charge in [-0.2, -0.15) is 0 Å². The molecule has 1 aromatic rings. The summed E-state index contributed by atoms with van der Waals surface area (Å²) >= 11 is 0. The summed E-state index contributed by atoms with van der Waals surface area (Å²) in [5, 5.41) is 0. The van der Waals surface area contributed by atoms with Crippen molar-refractivity contribution in [2.45, 2.75) is 13.1 Å². The van der Waals surface area contributed by atoms with Crippen molar-refractivity contribution in [3.63, 3.8) is 0 Å². The summed E-state index contributed by atoms with van der Waals surface area (Å²) < 4.78 is 41.5. The Morgan fingerprint density at radius 3 is 2.62 bits per heavy atom. The van der Waals surface area contributed by atoms with E-state index in [1.165, 1.54) is 13.3 Å². The van der Waals surface area contributed by atoms with Gasteiger partial charge in [0.25, 0.3) is 6.43 Å². The van der Waals surface area contributed by atoms with Crippen LogP contribution in [0.1, 0.15) is 17.6 Å². The molecular formula is C8H8F3NO. The molecule has 72 valence electrons. The van der Waals surface area contributed by atoms with Crippen LogP contribution in [0.25, 0.3) is 0 Å². The van der Waals surface area contributed by atoms with E-state index in [2.05, 4.69) is 9.72 Å². The number of aromatic nitrogens is 1. The lowest BCUT2D eigenvalue weighted by Crippen LogP contribution is -1.98. The molecule has 1 rings (SSSR count). The van der Waals surface area contributed by atoms with Crippen LogP contribution < -0.4 is 4.74 Å². The van der Waals surface area contributed by atoms with Gasteiger partial charge in [-0.3, -0.25) is 4.98 Å². The molecule has 0 N–H and O–H groups in total. The number of nitrogens with zero attached hydrogens (tertiary/aromatic N) is 1. The van der Waals surface area contributed by atoms with E-state index in [-0.39, 0.29) is 16.9 Å². The Balaban J connectivity index is 3.19. The molecule has 0 amide bonds. The molecule has 0 aliphatic rings. The quantitative estimate of drug-likeness (QED) is 0.732. The predicted octanol–water partition coefficient (Wildman–Crippen LogP) is 2.50. The van der Waals surface area contributed by atoms with Crippen LogP contribution in [-0.2, 0) is 6.67 Å². The highest BCUT2D eigenvalue weighted by Crippen LogP contribution is 2.31. The molecule has 1 heterocycles. The summed E-state index contributed by atoms with van der Waals surface area (Å²) in [6.45, 7) is -0.864. The largest absolute Gasteiger partial charge is 0.496 e. The van der Waals surface area contributed by atoms with Crippen molar-refractivity contribution in [1.29, 1.82) is 0 Å². The molecule has 0 unspecified atom stereocenters. The number of alkyl halides is 3. The smallest absolute Gasteiger partial charge is 0.268 e. The first-order valence-electron chi connectivity index (χ1n) is 3.55. The third-order valence-corrected chi connectivity index (χ3v) is 1.58. The van der Waals surface area contributed by atoms with Gasteiger partial charge in [-0.25, -0.2) is 13.2 Å². The number of hydrogen-bond acceptors (Lipinski definition) is 2. The number of pyridine rings is 1. The average molecular weight is 191 g/mol. The van der Waals surface area contributed by atoms with Crippen LogP contribution in [-0.4, -0.2) is 12.1 Å². The lowest BCUT2D eigenvalue weighted by atomic mass is 10.2. The molecule has 13 heavy (non-hydrogen) atoms. The Labute approximate surface area is 73.4 Å². The van der Waals surface area contributed by atoms with Crippen LogP contribution in [0, 0.1) is 0 Å². The van der Waals surface area contributed by atoms with Crippen LogP contribution in [0.4, 0.5) is 13.2 Å². The topological polar surface area (TPSA) is 22.1 Å². The van der Waals surface area contributed by atoms with Gasteiger partial charge in [0.15, 0.2) is 0 Å². The second kappa shape index (κ2) is 4.11. The maximum absolute atomic E-state index is 12.3. The lowest BCUT2D eigenvalue weighted by Gasteiger charge is -2.09. The zero-order chi connectivity index (χ0) is 9.84. The zero-order valence-electron chi connectivity index (χ0n) is 6.93. The van der Waals surface area contributed by atoms with Crippen molar-refractivity contribution < 1.29 is 17.9 Å². The van der Waals surface area contributed by atoms with Crippen LogP contribution in [0.15, 0.2) is 12.4 Å². The zero-order valence-corrected chi connectivity index (χ0v) is 6.93. The Morgan fingerprint density at radius 2 is 2.15 bits per heavy atom. The summed E-state index contributed by atoms with van der Waals surface area (Å²) in [4.78, 5) is 3.49. The Bertz CT molecular complexity index is 291. The van der Waals surface area contributed by atoms with Crippen molar-refractivity contribution in [3.05, 3.63) is 23.5 Å². The third-order valence-electron chi connectivity index (χ3n) is 1.58. The molecule has 2 nitrogen and oxygen atoms in total. The van der Waals surface area contributed by atoms with Crippen molar-refractivity contribution >= 4 is 0 Å². The number of methoxy groups -OCH3 is 1. The van der Waals surface area contributed by atoms with Gasteiger partial charge < -0.3 is 4.74 Å². The van der Waals surface area contributed by atoms with Gasteiger partial charge in [-0.15, -0.1) is 0 Å². The van der Waals surface area contributed by atoms with Crippen LogP contribution in [0.5, 0.6) is 5.75 Å². The standard InChI is InChI=1S/C8H8F3NO/c1-13-7-5(2-9)3-12-4-6(7)8(10)11/h3-4,8H,2H2,1H3. The van der Waals surface area contributed by atoms with Gasteiger partial charge in [0.1, 0.15) is 12.4 Å². The minimum atomic E-state index is -2.70. The molecule has 0 fully saturated rings. The first-order valence-corrected chi connectivity index (χ1v) is 3.55. The number of halogens is 3. The van der Waals surface area contributed by atoms with Gasteiger partial charge in [0.2, 0.25) is 0 Å². The SMILES string of the molecule is COc1c(CF)cncc1C(F)F. The fourth-order valence-electron chi connectivity index (χ4n) is 1.01. The molecule has 0 bridgehead atoms. The monoisotopic (exact) mass is 191 g/mol. The van der Waals surface area contributed by atoms with Crippen LogP contribution in [0.2, 0.25) is 0 Å². The molecule has 0 radical (unpaired) electrons. The molecule has 0 spiro atoms. The lowest BCUT2D eigenvalue weighted by molar-refractivity contribution is 0.146. The summed E-state index contributed by atoms with van der Waals surface area (Å²) in [6, 6.07) is 0. The molecule has 0 aromatic carbocycles. The Kier molecular flexibility index (Phi) is 3.11. The normalized spacial score (nSPS) is 10.5. The van der Waals surface area contributed by atoms with E-state index in [0.29, 0.717) is 0 Å². The first-order chi connectivity index (χ1) is 6.20. The molecule has 5 heteroatoms. The molecular weight excluding hydrogens is 183 g/mol. The van der Waals surface area contributed by atoms with Crippen molar-refractivity contribution in [1.82, 2.24) is 4.98 Å². The molecule has 0 atom stereocenters. The van der Waals surface area contributed by atoms with Gasteiger partial charge >= 0.3 is 0 Å².